The summed E-state index contributed by atoms with van der Waals surface area (Å²) in [6, 6.07) is 0.283. The highest BCUT2D eigenvalue weighted by Crippen LogP contribution is 2.15. The smallest absolute Gasteiger partial charge is 0.322 e. The van der Waals surface area contributed by atoms with Crippen LogP contribution in [0.3, 0.4) is 0 Å². The monoisotopic (exact) mass is 313 g/mol. The van der Waals surface area contributed by atoms with E-state index in [9.17, 15) is 0 Å². The maximum Gasteiger partial charge on any atom is 0.322 e. The molecule has 1 N–H and O–H groups in total. The van der Waals surface area contributed by atoms with Gasteiger partial charge >= 0.3 is 6.01 Å². The molecule has 0 aliphatic carbocycles. The number of ether oxygens (including phenoxy) is 1. The Kier molecular flexibility index (Phi) is 6.45. The molecule has 1 aromatic rings. The van der Waals surface area contributed by atoms with E-state index in [-0.39, 0.29) is 11.3 Å². The fourth-order valence-corrected chi connectivity index (χ4v) is 2.43. The predicted molar refractivity (Wildman–Crippen MR) is 84.0 cm³/mol. The van der Waals surface area contributed by atoms with Crippen molar-refractivity contribution in [3.8, 4) is 6.01 Å². The molecule has 6 nitrogen and oxygen atoms in total. The first-order valence-electron chi connectivity index (χ1n) is 7.68. The quantitative estimate of drug-likeness (QED) is 0.834. The lowest BCUT2D eigenvalue weighted by Gasteiger charge is -2.30. The number of nitrogens with one attached hydrogen (secondary N) is 1. The Morgan fingerprint density at radius 2 is 2.05 bits per heavy atom. The van der Waals surface area contributed by atoms with Gasteiger partial charge in [-0.1, -0.05) is 13.8 Å². The highest BCUT2D eigenvalue weighted by Gasteiger charge is 2.15. The summed E-state index contributed by atoms with van der Waals surface area (Å²) in [5.41, 5.74) is 0. The zero-order valence-electron chi connectivity index (χ0n) is 12.8. The number of anilines is 1. The van der Waals surface area contributed by atoms with E-state index in [0.717, 1.165) is 25.4 Å². The van der Waals surface area contributed by atoms with Crippen molar-refractivity contribution in [3.63, 3.8) is 0 Å². The average Bonchev–Trinajstić information content (AvgIpc) is 2.47. The summed E-state index contributed by atoms with van der Waals surface area (Å²) < 4.78 is 5.39. The zero-order valence-corrected chi connectivity index (χ0v) is 13.6. The van der Waals surface area contributed by atoms with Crippen LogP contribution in [0.25, 0.3) is 0 Å². The van der Waals surface area contributed by atoms with Crippen LogP contribution >= 0.6 is 11.6 Å². The van der Waals surface area contributed by atoms with Gasteiger partial charge in [0.25, 0.3) is 0 Å². The van der Waals surface area contributed by atoms with E-state index in [1.807, 2.05) is 6.92 Å². The van der Waals surface area contributed by atoms with Crippen LogP contribution in [0.5, 0.6) is 6.01 Å². The first-order chi connectivity index (χ1) is 10.2. The molecule has 0 aromatic carbocycles. The molecule has 21 heavy (non-hydrogen) atoms. The van der Waals surface area contributed by atoms with E-state index in [4.69, 9.17) is 16.3 Å². The first kappa shape index (κ1) is 16.2. The van der Waals surface area contributed by atoms with Crippen LogP contribution < -0.4 is 10.1 Å². The molecule has 0 bridgehead atoms. The van der Waals surface area contributed by atoms with Crippen LogP contribution in [0.15, 0.2) is 0 Å². The third-order valence-electron chi connectivity index (χ3n) is 3.61. The van der Waals surface area contributed by atoms with Gasteiger partial charge in [-0.15, -0.1) is 0 Å². The molecule has 1 aliphatic rings. The molecule has 0 saturated carbocycles. The summed E-state index contributed by atoms with van der Waals surface area (Å²) in [6.07, 6.45) is 3.47. The van der Waals surface area contributed by atoms with E-state index in [2.05, 4.69) is 32.1 Å². The number of hydrogen-bond acceptors (Lipinski definition) is 6. The van der Waals surface area contributed by atoms with Gasteiger partial charge in [-0.05, 0) is 49.9 Å². The van der Waals surface area contributed by atoms with Crippen LogP contribution in [0.1, 0.15) is 33.1 Å². The second-order valence-corrected chi connectivity index (χ2v) is 5.85. The third kappa shape index (κ3) is 5.63. The van der Waals surface area contributed by atoms with Crippen LogP contribution in [0.4, 0.5) is 5.95 Å². The maximum atomic E-state index is 5.88. The molecular weight excluding hydrogens is 290 g/mol. The van der Waals surface area contributed by atoms with Crippen molar-refractivity contribution in [2.45, 2.75) is 33.1 Å². The molecule has 118 valence electrons. The van der Waals surface area contributed by atoms with Crippen LogP contribution in [0.2, 0.25) is 5.28 Å². The van der Waals surface area contributed by atoms with Gasteiger partial charge in [0.1, 0.15) is 0 Å². The summed E-state index contributed by atoms with van der Waals surface area (Å²) in [5, 5.41) is 3.35. The standard InChI is InChI=1S/C14H24ClN5O/c1-3-10-21-14-18-12(15)17-13(19-14)16-6-9-20-7-4-11(2)5-8-20/h11H,3-10H2,1-2H3,(H,16,17,18,19). The number of piperidine rings is 1. The van der Waals surface area contributed by atoms with Crippen molar-refractivity contribution in [1.29, 1.82) is 0 Å². The summed E-state index contributed by atoms with van der Waals surface area (Å²) in [7, 11) is 0. The topological polar surface area (TPSA) is 63.2 Å². The number of aromatic nitrogens is 3. The van der Waals surface area contributed by atoms with Gasteiger partial charge in [0.05, 0.1) is 6.61 Å². The van der Waals surface area contributed by atoms with Crippen molar-refractivity contribution in [2.24, 2.45) is 5.92 Å². The molecular formula is C14H24ClN5O. The van der Waals surface area contributed by atoms with E-state index < -0.39 is 0 Å². The van der Waals surface area contributed by atoms with Crippen molar-refractivity contribution >= 4 is 17.5 Å². The minimum Gasteiger partial charge on any atom is -0.463 e. The normalized spacial score (nSPS) is 16.9. The molecule has 0 spiro atoms. The number of rotatable bonds is 7. The molecule has 0 amide bonds. The van der Waals surface area contributed by atoms with Crippen molar-refractivity contribution in [1.82, 2.24) is 19.9 Å². The van der Waals surface area contributed by atoms with Crippen LogP contribution in [0, 0.1) is 5.92 Å². The lowest BCUT2D eigenvalue weighted by Crippen LogP contribution is -2.36. The van der Waals surface area contributed by atoms with Gasteiger partial charge in [0, 0.05) is 13.1 Å². The molecule has 7 heteroatoms. The molecule has 1 saturated heterocycles. The zero-order chi connectivity index (χ0) is 15.1. The molecule has 0 radical (unpaired) electrons. The molecule has 1 fully saturated rings. The number of likely N-dealkylation sites (tertiary alicyclic amines) is 1. The Morgan fingerprint density at radius 1 is 1.29 bits per heavy atom. The Hall–Kier alpha value is -1.14. The lowest BCUT2D eigenvalue weighted by molar-refractivity contribution is 0.199. The average molecular weight is 314 g/mol. The molecule has 2 heterocycles. The van der Waals surface area contributed by atoms with Gasteiger partial charge < -0.3 is 15.0 Å². The highest BCUT2D eigenvalue weighted by molar-refractivity contribution is 6.28. The van der Waals surface area contributed by atoms with Crippen molar-refractivity contribution in [3.05, 3.63) is 5.28 Å². The Balaban J connectivity index is 1.78. The van der Waals surface area contributed by atoms with Crippen LogP contribution in [-0.2, 0) is 0 Å². The SMILES string of the molecule is CCCOc1nc(Cl)nc(NCCN2CCC(C)CC2)n1. The predicted octanol–water partition coefficient (Wildman–Crippen LogP) is 2.46. The third-order valence-corrected chi connectivity index (χ3v) is 3.78. The first-order valence-corrected chi connectivity index (χ1v) is 8.05. The number of hydrogen-bond donors (Lipinski definition) is 1. The maximum absolute atomic E-state index is 5.88. The second kappa shape index (κ2) is 8.34. The van der Waals surface area contributed by atoms with Crippen molar-refractivity contribution in [2.75, 3.05) is 38.1 Å². The van der Waals surface area contributed by atoms with E-state index in [0.29, 0.717) is 12.6 Å². The summed E-state index contributed by atoms with van der Waals surface area (Å²) >= 11 is 5.88. The number of nitrogens with zero attached hydrogens (tertiary/aromatic N) is 4. The summed E-state index contributed by atoms with van der Waals surface area (Å²) in [5.74, 6) is 1.33. The fraction of sp³-hybridized carbons (Fsp3) is 0.786. The van der Waals surface area contributed by atoms with E-state index in [1.54, 1.807) is 0 Å². The van der Waals surface area contributed by atoms with E-state index in [1.165, 1.54) is 25.9 Å². The van der Waals surface area contributed by atoms with E-state index >= 15 is 0 Å². The second-order valence-electron chi connectivity index (χ2n) is 5.51. The molecule has 2 rings (SSSR count). The minimum atomic E-state index is 0.158. The molecule has 1 aliphatic heterocycles. The Morgan fingerprint density at radius 3 is 2.76 bits per heavy atom. The summed E-state index contributed by atoms with van der Waals surface area (Å²) in [4.78, 5) is 14.7. The number of halogens is 1. The fourth-order valence-electron chi connectivity index (χ4n) is 2.28. The molecule has 0 atom stereocenters. The highest BCUT2D eigenvalue weighted by atomic mass is 35.5. The van der Waals surface area contributed by atoms with Gasteiger partial charge in [0.15, 0.2) is 0 Å². The Labute approximate surface area is 131 Å². The molecule has 1 aromatic heterocycles. The van der Waals surface area contributed by atoms with Gasteiger partial charge in [0.2, 0.25) is 11.2 Å². The van der Waals surface area contributed by atoms with Gasteiger partial charge in [-0.2, -0.15) is 15.0 Å². The lowest BCUT2D eigenvalue weighted by atomic mass is 9.99. The molecule has 0 unspecified atom stereocenters. The van der Waals surface area contributed by atoms with Gasteiger partial charge in [-0.25, -0.2) is 0 Å². The Bertz CT molecular complexity index is 437. The minimum absolute atomic E-state index is 0.158. The largest absolute Gasteiger partial charge is 0.463 e. The van der Waals surface area contributed by atoms with Crippen molar-refractivity contribution < 1.29 is 4.74 Å². The summed E-state index contributed by atoms with van der Waals surface area (Å²) in [6.45, 7) is 9.05. The van der Waals surface area contributed by atoms with Gasteiger partial charge in [-0.3, -0.25) is 0 Å². The van der Waals surface area contributed by atoms with Crippen LogP contribution in [-0.4, -0.2) is 52.6 Å².